The first-order chi connectivity index (χ1) is 8.24. The van der Waals surface area contributed by atoms with Crippen molar-refractivity contribution in [2.75, 3.05) is 7.05 Å². The summed E-state index contributed by atoms with van der Waals surface area (Å²) in [5, 5.41) is 9.87. The van der Waals surface area contributed by atoms with Gasteiger partial charge in [-0.25, -0.2) is 0 Å². The van der Waals surface area contributed by atoms with Crippen LogP contribution in [0.3, 0.4) is 0 Å². The van der Waals surface area contributed by atoms with Gasteiger partial charge in [-0.1, -0.05) is 0 Å². The molecule has 0 bridgehead atoms. The standard InChI is InChI=1S/C13H19N3S/c1-4-16-9-11(8-15-16)7-12(14-3)13-10(2)5-6-17-13/h5-6,8-9,12,14H,4,7H2,1-3H3. The highest BCUT2D eigenvalue weighted by Gasteiger charge is 2.14. The second-order valence-electron chi connectivity index (χ2n) is 4.22. The fourth-order valence-electron chi connectivity index (χ4n) is 1.99. The third-order valence-corrected chi connectivity index (χ3v) is 4.15. The number of aryl methyl sites for hydroxylation is 2. The molecule has 17 heavy (non-hydrogen) atoms. The van der Waals surface area contributed by atoms with Gasteiger partial charge in [-0.05, 0) is 49.9 Å². The molecule has 1 N–H and O–H groups in total. The van der Waals surface area contributed by atoms with E-state index in [1.54, 1.807) is 0 Å². The minimum atomic E-state index is 0.393. The van der Waals surface area contributed by atoms with Crippen LogP contribution in [-0.2, 0) is 13.0 Å². The molecule has 1 atom stereocenters. The van der Waals surface area contributed by atoms with Gasteiger partial charge in [-0.15, -0.1) is 11.3 Å². The Morgan fingerprint density at radius 3 is 2.88 bits per heavy atom. The molecule has 1 unspecified atom stereocenters. The van der Waals surface area contributed by atoms with E-state index < -0.39 is 0 Å². The predicted molar refractivity (Wildman–Crippen MR) is 72.5 cm³/mol. The summed E-state index contributed by atoms with van der Waals surface area (Å²) in [4.78, 5) is 1.43. The maximum atomic E-state index is 4.32. The molecule has 0 spiro atoms. The molecule has 0 fully saturated rings. The van der Waals surface area contributed by atoms with Crippen molar-refractivity contribution in [3.63, 3.8) is 0 Å². The Morgan fingerprint density at radius 2 is 2.35 bits per heavy atom. The third-order valence-electron chi connectivity index (χ3n) is 3.02. The molecular weight excluding hydrogens is 230 g/mol. The van der Waals surface area contributed by atoms with Crippen molar-refractivity contribution in [2.45, 2.75) is 32.9 Å². The van der Waals surface area contributed by atoms with Crippen LogP contribution in [0.15, 0.2) is 23.8 Å². The SMILES string of the molecule is CCn1cc(CC(NC)c2sccc2C)cn1. The van der Waals surface area contributed by atoms with E-state index in [1.807, 2.05) is 29.3 Å². The summed E-state index contributed by atoms with van der Waals surface area (Å²) < 4.78 is 1.98. The van der Waals surface area contributed by atoms with Gasteiger partial charge >= 0.3 is 0 Å². The normalized spacial score (nSPS) is 12.9. The Kier molecular flexibility index (Phi) is 3.97. The van der Waals surface area contributed by atoms with Gasteiger partial charge in [0.2, 0.25) is 0 Å². The first-order valence-electron chi connectivity index (χ1n) is 5.97. The van der Waals surface area contributed by atoms with Crippen molar-refractivity contribution in [1.29, 1.82) is 0 Å². The van der Waals surface area contributed by atoms with E-state index in [9.17, 15) is 0 Å². The monoisotopic (exact) mass is 249 g/mol. The Bertz CT molecular complexity index is 472. The fourth-order valence-corrected chi connectivity index (χ4v) is 3.03. The highest BCUT2D eigenvalue weighted by Crippen LogP contribution is 2.26. The van der Waals surface area contributed by atoms with Gasteiger partial charge in [0.05, 0.1) is 6.20 Å². The molecule has 92 valence electrons. The predicted octanol–water partition coefficient (Wildman–Crippen LogP) is 2.78. The van der Waals surface area contributed by atoms with Crippen molar-refractivity contribution >= 4 is 11.3 Å². The van der Waals surface area contributed by atoms with E-state index in [-0.39, 0.29) is 0 Å². The van der Waals surface area contributed by atoms with Crippen LogP contribution in [0.5, 0.6) is 0 Å². The van der Waals surface area contributed by atoms with Gasteiger partial charge in [0.25, 0.3) is 0 Å². The summed E-state index contributed by atoms with van der Waals surface area (Å²) in [6.07, 6.45) is 5.10. The zero-order valence-corrected chi connectivity index (χ0v) is 11.4. The van der Waals surface area contributed by atoms with E-state index in [1.165, 1.54) is 16.0 Å². The van der Waals surface area contributed by atoms with Gasteiger partial charge in [0.15, 0.2) is 0 Å². The number of rotatable bonds is 5. The lowest BCUT2D eigenvalue weighted by Crippen LogP contribution is -2.18. The molecule has 4 heteroatoms. The number of nitrogens with one attached hydrogen (secondary N) is 1. The summed E-state index contributed by atoms with van der Waals surface area (Å²) in [6, 6.07) is 2.57. The lowest BCUT2D eigenvalue weighted by atomic mass is 10.1. The first-order valence-corrected chi connectivity index (χ1v) is 6.85. The molecule has 0 aliphatic carbocycles. The molecule has 0 amide bonds. The Labute approximate surface area is 106 Å². The van der Waals surface area contributed by atoms with Crippen LogP contribution in [0.25, 0.3) is 0 Å². The molecule has 0 radical (unpaired) electrons. The molecular formula is C13H19N3S. The molecule has 0 saturated carbocycles. The van der Waals surface area contributed by atoms with Gasteiger partial charge in [-0.3, -0.25) is 4.68 Å². The van der Waals surface area contributed by atoms with E-state index >= 15 is 0 Å². The third kappa shape index (κ3) is 2.76. The average molecular weight is 249 g/mol. The van der Waals surface area contributed by atoms with Crippen molar-refractivity contribution in [2.24, 2.45) is 0 Å². The summed E-state index contributed by atoms with van der Waals surface area (Å²) in [5.74, 6) is 0. The zero-order valence-electron chi connectivity index (χ0n) is 10.6. The van der Waals surface area contributed by atoms with Crippen molar-refractivity contribution in [3.8, 4) is 0 Å². The average Bonchev–Trinajstić information content (AvgIpc) is 2.95. The summed E-state index contributed by atoms with van der Waals surface area (Å²) in [7, 11) is 2.02. The molecule has 0 aromatic carbocycles. The fraction of sp³-hybridized carbons (Fsp3) is 0.462. The maximum absolute atomic E-state index is 4.32. The number of hydrogen-bond acceptors (Lipinski definition) is 3. The second kappa shape index (κ2) is 5.47. The highest BCUT2D eigenvalue weighted by molar-refractivity contribution is 7.10. The maximum Gasteiger partial charge on any atom is 0.0522 e. The first kappa shape index (κ1) is 12.3. The molecule has 0 saturated heterocycles. The summed E-state index contributed by atoms with van der Waals surface area (Å²) in [5.41, 5.74) is 2.66. The number of likely N-dealkylation sites (N-methyl/N-ethyl adjacent to an activating group) is 1. The van der Waals surface area contributed by atoms with Crippen molar-refractivity contribution in [3.05, 3.63) is 39.8 Å². The number of thiophene rings is 1. The summed E-state index contributed by atoms with van der Waals surface area (Å²) >= 11 is 1.82. The molecule has 2 heterocycles. The van der Waals surface area contributed by atoms with Crippen LogP contribution in [0.1, 0.15) is 29.0 Å². The van der Waals surface area contributed by atoms with E-state index in [0.29, 0.717) is 6.04 Å². The number of aromatic nitrogens is 2. The Morgan fingerprint density at radius 1 is 1.53 bits per heavy atom. The van der Waals surface area contributed by atoms with Crippen LogP contribution in [0.4, 0.5) is 0 Å². The van der Waals surface area contributed by atoms with Gasteiger partial charge in [0, 0.05) is 23.7 Å². The Balaban J connectivity index is 2.12. The van der Waals surface area contributed by atoms with Crippen LogP contribution < -0.4 is 5.32 Å². The lowest BCUT2D eigenvalue weighted by molar-refractivity contribution is 0.598. The van der Waals surface area contributed by atoms with Crippen LogP contribution in [0, 0.1) is 6.92 Å². The van der Waals surface area contributed by atoms with Crippen LogP contribution in [0.2, 0.25) is 0 Å². The van der Waals surface area contributed by atoms with Gasteiger partial charge < -0.3 is 5.32 Å². The smallest absolute Gasteiger partial charge is 0.0522 e. The van der Waals surface area contributed by atoms with Crippen molar-refractivity contribution in [1.82, 2.24) is 15.1 Å². The van der Waals surface area contributed by atoms with Crippen LogP contribution >= 0.6 is 11.3 Å². The zero-order chi connectivity index (χ0) is 12.3. The summed E-state index contributed by atoms with van der Waals surface area (Å²) in [6.45, 7) is 5.21. The number of hydrogen-bond donors (Lipinski definition) is 1. The quantitative estimate of drug-likeness (QED) is 0.883. The van der Waals surface area contributed by atoms with Gasteiger partial charge in [0.1, 0.15) is 0 Å². The molecule has 2 aromatic rings. The molecule has 0 aliphatic heterocycles. The molecule has 0 aliphatic rings. The Hall–Kier alpha value is -1.13. The van der Waals surface area contributed by atoms with Crippen molar-refractivity contribution < 1.29 is 0 Å². The van der Waals surface area contributed by atoms with E-state index in [0.717, 1.165) is 13.0 Å². The number of nitrogens with zero attached hydrogens (tertiary/aromatic N) is 2. The van der Waals surface area contributed by atoms with E-state index in [4.69, 9.17) is 0 Å². The minimum absolute atomic E-state index is 0.393. The second-order valence-corrected chi connectivity index (χ2v) is 5.17. The van der Waals surface area contributed by atoms with Gasteiger partial charge in [-0.2, -0.15) is 5.10 Å². The largest absolute Gasteiger partial charge is 0.312 e. The minimum Gasteiger partial charge on any atom is -0.312 e. The molecule has 2 aromatic heterocycles. The highest BCUT2D eigenvalue weighted by atomic mass is 32.1. The lowest BCUT2D eigenvalue weighted by Gasteiger charge is -2.14. The molecule has 2 rings (SSSR count). The molecule has 3 nitrogen and oxygen atoms in total. The van der Waals surface area contributed by atoms with Crippen LogP contribution in [-0.4, -0.2) is 16.8 Å². The van der Waals surface area contributed by atoms with E-state index in [2.05, 4.69) is 41.9 Å². The topological polar surface area (TPSA) is 29.9 Å².